The van der Waals surface area contributed by atoms with Crippen molar-refractivity contribution in [1.29, 1.82) is 0 Å². The van der Waals surface area contributed by atoms with Crippen LogP contribution in [0.25, 0.3) is 22.8 Å². The van der Waals surface area contributed by atoms with Crippen LogP contribution in [0.5, 0.6) is 0 Å². The first-order valence-electron chi connectivity index (χ1n) is 9.60. The Labute approximate surface area is 174 Å². The van der Waals surface area contributed by atoms with Crippen molar-refractivity contribution in [3.05, 3.63) is 71.9 Å². The molecule has 30 heavy (non-hydrogen) atoms. The van der Waals surface area contributed by atoms with E-state index in [1.165, 1.54) is 0 Å². The summed E-state index contributed by atoms with van der Waals surface area (Å²) in [5.74, 6) is 1.63. The van der Waals surface area contributed by atoms with Gasteiger partial charge in [-0.15, -0.1) is 0 Å². The van der Waals surface area contributed by atoms with Gasteiger partial charge in [-0.1, -0.05) is 44.1 Å². The maximum atomic E-state index is 12.7. The molecule has 0 radical (unpaired) electrons. The SMILES string of the molecule is Cc1oc(-c2ccccc2)nc1C(=O)Nc1ccc(-c2noc(C(C)(C)C)n2)cc1. The molecule has 2 aromatic heterocycles. The van der Waals surface area contributed by atoms with Crippen molar-refractivity contribution in [3.8, 4) is 22.8 Å². The maximum absolute atomic E-state index is 12.7. The number of carbonyl (C=O) groups is 1. The van der Waals surface area contributed by atoms with Crippen LogP contribution in [0.2, 0.25) is 0 Å². The second-order valence-electron chi connectivity index (χ2n) is 7.99. The van der Waals surface area contributed by atoms with E-state index in [0.717, 1.165) is 11.1 Å². The molecule has 0 fully saturated rings. The van der Waals surface area contributed by atoms with Gasteiger partial charge in [0.05, 0.1) is 0 Å². The van der Waals surface area contributed by atoms with Crippen molar-refractivity contribution >= 4 is 11.6 Å². The maximum Gasteiger partial charge on any atom is 0.277 e. The lowest BCUT2D eigenvalue weighted by molar-refractivity contribution is 0.102. The van der Waals surface area contributed by atoms with Crippen LogP contribution in [0.3, 0.4) is 0 Å². The van der Waals surface area contributed by atoms with Gasteiger partial charge in [0.1, 0.15) is 5.76 Å². The highest BCUT2D eigenvalue weighted by Crippen LogP contribution is 2.25. The number of rotatable bonds is 4. The molecular weight excluding hydrogens is 380 g/mol. The van der Waals surface area contributed by atoms with E-state index >= 15 is 0 Å². The molecule has 0 aliphatic heterocycles. The minimum atomic E-state index is -0.333. The van der Waals surface area contributed by atoms with Crippen molar-refractivity contribution in [3.63, 3.8) is 0 Å². The molecule has 152 valence electrons. The smallest absolute Gasteiger partial charge is 0.277 e. The fraction of sp³-hybridized carbons (Fsp3) is 0.217. The Hall–Kier alpha value is -3.74. The first-order chi connectivity index (χ1) is 14.3. The topological polar surface area (TPSA) is 94.1 Å². The third kappa shape index (κ3) is 4.00. The summed E-state index contributed by atoms with van der Waals surface area (Å²) in [6, 6.07) is 16.7. The second-order valence-corrected chi connectivity index (χ2v) is 7.99. The molecule has 1 amide bonds. The first-order valence-corrected chi connectivity index (χ1v) is 9.60. The average Bonchev–Trinajstić information content (AvgIpc) is 3.36. The number of hydrogen-bond acceptors (Lipinski definition) is 6. The van der Waals surface area contributed by atoms with Crippen LogP contribution in [-0.4, -0.2) is 21.0 Å². The van der Waals surface area contributed by atoms with Gasteiger partial charge in [-0.3, -0.25) is 4.79 Å². The zero-order chi connectivity index (χ0) is 21.3. The highest BCUT2D eigenvalue weighted by molar-refractivity contribution is 6.03. The van der Waals surface area contributed by atoms with E-state index in [0.29, 0.717) is 29.1 Å². The molecule has 2 aromatic carbocycles. The van der Waals surface area contributed by atoms with Crippen LogP contribution in [0, 0.1) is 6.92 Å². The summed E-state index contributed by atoms with van der Waals surface area (Å²) in [7, 11) is 0. The summed E-state index contributed by atoms with van der Waals surface area (Å²) in [5, 5.41) is 6.88. The van der Waals surface area contributed by atoms with E-state index < -0.39 is 0 Å². The summed E-state index contributed by atoms with van der Waals surface area (Å²) in [4.78, 5) is 21.5. The zero-order valence-electron chi connectivity index (χ0n) is 17.3. The standard InChI is InChI=1S/C23H22N4O3/c1-14-18(25-21(29-14)16-8-6-5-7-9-16)20(28)24-17-12-10-15(11-13-17)19-26-22(30-27-19)23(2,3)4/h5-13H,1-4H3,(H,24,28). The average molecular weight is 402 g/mol. The molecule has 2 heterocycles. The van der Waals surface area contributed by atoms with Gasteiger partial charge in [-0.25, -0.2) is 4.98 Å². The number of nitrogens with zero attached hydrogens (tertiary/aromatic N) is 3. The molecule has 0 spiro atoms. The lowest BCUT2D eigenvalue weighted by Gasteiger charge is -2.10. The lowest BCUT2D eigenvalue weighted by atomic mass is 9.97. The summed E-state index contributed by atoms with van der Waals surface area (Å²) in [6.07, 6.45) is 0. The Kier molecular flexibility index (Phi) is 4.95. The van der Waals surface area contributed by atoms with E-state index in [-0.39, 0.29) is 17.0 Å². The van der Waals surface area contributed by atoms with Crippen molar-refractivity contribution in [2.24, 2.45) is 0 Å². The molecule has 1 N–H and O–H groups in total. The third-order valence-electron chi connectivity index (χ3n) is 4.50. The predicted octanol–water partition coefficient (Wildman–Crippen LogP) is 5.25. The van der Waals surface area contributed by atoms with Crippen LogP contribution in [0.1, 0.15) is 42.9 Å². The van der Waals surface area contributed by atoms with Crippen molar-refractivity contribution < 1.29 is 13.7 Å². The molecule has 7 nitrogen and oxygen atoms in total. The fourth-order valence-electron chi connectivity index (χ4n) is 2.85. The summed E-state index contributed by atoms with van der Waals surface area (Å²) in [5.41, 5.74) is 2.29. The molecule has 0 aliphatic rings. The number of aromatic nitrogens is 3. The minimum absolute atomic E-state index is 0.215. The fourth-order valence-corrected chi connectivity index (χ4v) is 2.85. The van der Waals surface area contributed by atoms with Crippen LogP contribution in [0.15, 0.2) is 63.5 Å². The first kappa shape index (κ1) is 19.6. The molecule has 0 saturated carbocycles. The largest absolute Gasteiger partial charge is 0.441 e. The second kappa shape index (κ2) is 7.59. The monoisotopic (exact) mass is 402 g/mol. The Bertz CT molecular complexity index is 1170. The van der Waals surface area contributed by atoms with Crippen molar-refractivity contribution in [2.75, 3.05) is 5.32 Å². The molecule has 4 rings (SSSR count). The molecule has 0 aliphatic carbocycles. The van der Waals surface area contributed by atoms with Crippen LogP contribution in [-0.2, 0) is 5.41 Å². The molecule has 0 unspecified atom stereocenters. The number of anilines is 1. The number of hydrogen-bond donors (Lipinski definition) is 1. The quantitative estimate of drug-likeness (QED) is 0.501. The minimum Gasteiger partial charge on any atom is -0.441 e. The summed E-state index contributed by atoms with van der Waals surface area (Å²) < 4.78 is 11.0. The van der Waals surface area contributed by atoms with E-state index in [2.05, 4.69) is 20.4 Å². The van der Waals surface area contributed by atoms with Crippen molar-refractivity contribution in [2.45, 2.75) is 33.1 Å². The Morgan fingerprint density at radius 1 is 0.933 bits per heavy atom. The molecular formula is C23H22N4O3. The van der Waals surface area contributed by atoms with Crippen molar-refractivity contribution in [1.82, 2.24) is 15.1 Å². The molecule has 4 aromatic rings. The van der Waals surface area contributed by atoms with Gasteiger partial charge in [0.2, 0.25) is 17.6 Å². The predicted molar refractivity (Wildman–Crippen MR) is 113 cm³/mol. The third-order valence-corrected chi connectivity index (χ3v) is 4.50. The number of amides is 1. The highest BCUT2D eigenvalue weighted by atomic mass is 16.5. The Morgan fingerprint density at radius 2 is 1.63 bits per heavy atom. The molecule has 0 atom stereocenters. The van der Waals surface area contributed by atoms with E-state index in [1.54, 1.807) is 19.1 Å². The number of oxazole rings is 1. The van der Waals surface area contributed by atoms with Gasteiger partial charge >= 0.3 is 0 Å². The van der Waals surface area contributed by atoms with Crippen LogP contribution in [0.4, 0.5) is 5.69 Å². The summed E-state index contributed by atoms with van der Waals surface area (Å²) in [6.45, 7) is 7.76. The van der Waals surface area contributed by atoms with Gasteiger partial charge in [-0.05, 0) is 43.3 Å². The van der Waals surface area contributed by atoms with Crippen LogP contribution < -0.4 is 5.32 Å². The summed E-state index contributed by atoms with van der Waals surface area (Å²) >= 11 is 0. The number of benzene rings is 2. The Balaban J connectivity index is 1.49. The highest BCUT2D eigenvalue weighted by Gasteiger charge is 2.22. The molecule has 0 saturated heterocycles. The zero-order valence-corrected chi connectivity index (χ0v) is 17.3. The van der Waals surface area contributed by atoms with E-state index in [1.807, 2.05) is 63.2 Å². The van der Waals surface area contributed by atoms with Gasteiger partial charge in [0.25, 0.3) is 5.91 Å². The lowest BCUT2D eigenvalue weighted by Crippen LogP contribution is -2.13. The van der Waals surface area contributed by atoms with Gasteiger partial charge < -0.3 is 14.3 Å². The molecule has 0 bridgehead atoms. The van der Waals surface area contributed by atoms with Gasteiger partial charge in [0.15, 0.2) is 5.69 Å². The van der Waals surface area contributed by atoms with E-state index in [9.17, 15) is 4.79 Å². The van der Waals surface area contributed by atoms with Gasteiger partial charge in [0, 0.05) is 22.2 Å². The molecule has 7 heteroatoms. The number of nitrogens with one attached hydrogen (secondary N) is 1. The van der Waals surface area contributed by atoms with E-state index in [4.69, 9.17) is 8.94 Å². The Morgan fingerprint density at radius 3 is 2.27 bits per heavy atom. The number of aryl methyl sites for hydroxylation is 1. The normalized spacial score (nSPS) is 11.5. The number of carbonyl (C=O) groups excluding carboxylic acids is 1. The van der Waals surface area contributed by atoms with Crippen LogP contribution >= 0.6 is 0 Å². The van der Waals surface area contributed by atoms with Gasteiger partial charge in [-0.2, -0.15) is 4.98 Å².